The summed E-state index contributed by atoms with van der Waals surface area (Å²) in [7, 11) is 2.02. The molecule has 0 saturated heterocycles. The second-order valence-corrected chi connectivity index (χ2v) is 5.17. The maximum absolute atomic E-state index is 5.47. The average Bonchev–Trinajstić information content (AvgIpc) is 2.44. The number of ether oxygens (including phenoxy) is 1. The molecule has 2 rings (SSSR count). The molecule has 1 aromatic heterocycles. The molecular formula is C14H18BrN3O. The Kier molecular flexibility index (Phi) is 5.10. The Balaban J connectivity index is 2.18. The summed E-state index contributed by atoms with van der Waals surface area (Å²) < 4.78 is 5.47. The molecule has 19 heavy (non-hydrogen) atoms. The molecule has 4 nitrogen and oxygen atoms in total. The number of halogens is 1. The van der Waals surface area contributed by atoms with E-state index in [4.69, 9.17) is 4.74 Å². The van der Waals surface area contributed by atoms with Crippen LogP contribution in [0.3, 0.4) is 0 Å². The van der Waals surface area contributed by atoms with Crippen LogP contribution in [0.15, 0.2) is 24.3 Å². The molecule has 5 heteroatoms. The van der Waals surface area contributed by atoms with Crippen LogP contribution in [-0.2, 0) is 4.74 Å². The number of anilines is 1. The molecule has 1 aromatic carbocycles. The fourth-order valence-electron chi connectivity index (χ4n) is 1.97. The topological polar surface area (TPSA) is 38.2 Å². The second kappa shape index (κ2) is 6.82. The smallest absolute Gasteiger partial charge is 0.159 e. The molecule has 2 aromatic rings. The van der Waals surface area contributed by atoms with Crippen LogP contribution in [-0.4, -0.2) is 42.3 Å². The molecule has 0 aliphatic carbocycles. The van der Waals surface area contributed by atoms with Gasteiger partial charge >= 0.3 is 0 Å². The molecule has 0 aliphatic heterocycles. The van der Waals surface area contributed by atoms with Crippen LogP contribution >= 0.6 is 15.9 Å². The number of likely N-dealkylation sites (N-methyl/N-ethyl adjacent to an activating group) is 1. The van der Waals surface area contributed by atoms with E-state index in [0.29, 0.717) is 6.61 Å². The Morgan fingerprint density at radius 3 is 2.63 bits per heavy atom. The number of fused-ring (bicyclic) bond motifs is 1. The number of aromatic nitrogens is 2. The first-order chi connectivity index (χ1) is 9.24. The number of rotatable bonds is 6. The number of aryl methyl sites for hydroxylation is 1. The van der Waals surface area contributed by atoms with Crippen molar-refractivity contribution in [3.8, 4) is 0 Å². The van der Waals surface area contributed by atoms with Gasteiger partial charge < -0.3 is 9.64 Å². The first-order valence-electron chi connectivity index (χ1n) is 6.31. The van der Waals surface area contributed by atoms with Crippen molar-refractivity contribution in [1.82, 2.24) is 10.2 Å². The molecule has 1 heterocycles. The molecule has 0 amide bonds. The highest BCUT2D eigenvalue weighted by Crippen LogP contribution is 2.24. The summed E-state index contributed by atoms with van der Waals surface area (Å²) >= 11 is 3.34. The number of hydrogen-bond acceptors (Lipinski definition) is 4. The van der Waals surface area contributed by atoms with Gasteiger partial charge in [-0.05, 0) is 6.92 Å². The first-order valence-corrected chi connectivity index (χ1v) is 7.43. The van der Waals surface area contributed by atoms with Crippen molar-refractivity contribution in [3.05, 3.63) is 30.0 Å². The van der Waals surface area contributed by atoms with Gasteiger partial charge in [-0.25, -0.2) is 0 Å². The second-order valence-electron chi connectivity index (χ2n) is 4.38. The van der Waals surface area contributed by atoms with E-state index in [9.17, 15) is 0 Å². The highest BCUT2D eigenvalue weighted by molar-refractivity contribution is 9.09. The quantitative estimate of drug-likeness (QED) is 0.605. The SMILES string of the molecule is Cc1nnc(N(C)CCOCCBr)c2ccccc12. The fraction of sp³-hybridized carbons (Fsp3) is 0.429. The molecule has 0 saturated carbocycles. The van der Waals surface area contributed by atoms with Gasteiger partial charge in [0.05, 0.1) is 18.9 Å². The third-order valence-corrected chi connectivity index (χ3v) is 3.33. The van der Waals surface area contributed by atoms with Crippen molar-refractivity contribution in [2.75, 3.05) is 37.0 Å². The molecule has 0 aliphatic rings. The van der Waals surface area contributed by atoms with E-state index in [1.807, 2.05) is 26.1 Å². The van der Waals surface area contributed by atoms with Crippen LogP contribution in [0.25, 0.3) is 10.8 Å². The number of nitrogens with zero attached hydrogens (tertiary/aromatic N) is 3. The van der Waals surface area contributed by atoms with Crippen LogP contribution in [0, 0.1) is 6.92 Å². The van der Waals surface area contributed by atoms with Gasteiger partial charge in [0.1, 0.15) is 0 Å². The summed E-state index contributed by atoms with van der Waals surface area (Å²) in [5, 5.41) is 11.7. The Morgan fingerprint density at radius 2 is 1.89 bits per heavy atom. The van der Waals surface area contributed by atoms with E-state index < -0.39 is 0 Å². The molecule has 0 bridgehead atoms. The van der Waals surface area contributed by atoms with Gasteiger partial charge in [0.15, 0.2) is 5.82 Å². The molecule has 0 atom stereocenters. The maximum Gasteiger partial charge on any atom is 0.159 e. The van der Waals surface area contributed by atoms with Crippen molar-refractivity contribution in [3.63, 3.8) is 0 Å². The molecular weight excluding hydrogens is 306 g/mol. The number of alkyl halides is 1. The highest BCUT2D eigenvalue weighted by Gasteiger charge is 2.10. The van der Waals surface area contributed by atoms with Crippen LogP contribution in [0.2, 0.25) is 0 Å². The molecule has 0 spiro atoms. The average molecular weight is 324 g/mol. The van der Waals surface area contributed by atoms with E-state index in [1.165, 1.54) is 0 Å². The van der Waals surface area contributed by atoms with E-state index in [-0.39, 0.29) is 0 Å². The van der Waals surface area contributed by atoms with Crippen LogP contribution in [0.5, 0.6) is 0 Å². The summed E-state index contributed by atoms with van der Waals surface area (Å²) in [6.07, 6.45) is 0. The van der Waals surface area contributed by atoms with Crippen molar-refractivity contribution in [1.29, 1.82) is 0 Å². The third-order valence-electron chi connectivity index (χ3n) is 3.01. The fourth-order valence-corrected chi connectivity index (χ4v) is 2.20. The molecule has 0 unspecified atom stereocenters. The Bertz CT molecular complexity index is 547. The molecule has 0 N–H and O–H groups in total. The van der Waals surface area contributed by atoms with Gasteiger partial charge in [-0.3, -0.25) is 0 Å². The Morgan fingerprint density at radius 1 is 1.16 bits per heavy atom. The van der Waals surface area contributed by atoms with Gasteiger partial charge in [0.2, 0.25) is 0 Å². The standard InChI is InChI=1S/C14H18BrN3O/c1-11-12-5-3-4-6-13(12)14(17-16-11)18(2)8-10-19-9-7-15/h3-6H,7-10H2,1-2H3. The largest absolute Gasteiger partial charge is 0.379 e. The normalized spacial score (nSPS) is 10.9. The monoisotopic (exact) mass is 323 g/mol. The minimum atomic E-state index is 0.686. The van der Waals surface area contributed by atoms with E-state index >= 15 is 0 Å². The van der Waals surface area contributed by atoms with E-state index in [0.717, 1.165) is 40.8 Å². The Labute approximate surface area is 121 Å². The van der Waals surface area contributed by atoms with Gasteiger partial charge in [0, 0.05) is 29.7 Å². The zero-order valence-electron chi connectivity index (χ0n) is 11.3. The van der Waals surface area contributed by atoms with Crippen molar-refractivity contribution in [2.45, 2.75) is 6.92 Å². The number of benzene rings is 1. The zero-order chi connectivity index (χ0) is 13.7. The highest BCUT2D eigenvalue weighted by atomic mass is 79.9. The predicted molar refractivity (Wildman–Crippen MR) is 82.2 cm³/mol. The van der Waals surface area contributed by atoms with E-state index in [2.05, 4.69) is 43.2 Å². The lowest BCUT2D eigenvalue weighted by atomic mass is 10.1. The summed E-state index contributed by atoms with van der Waals surface area (Å²) in [5.74, 6) is 0.906. The third kappa shape index (κ3) is 3.42. The van der Waals surface area contributed by atoms with Crippen LogP contribution in [0.4, 0.5) is 5.82 Å². The lowest BCUT2D eigenvalue weighted by molar-refractivity contribution is 0.157. The molecule has 102 valence electrons. The Hall–Kier alpha value is -1.20. The zero-order valence-corrected chi connectivity index (χ0v) is 12.9. The minimum absolute atomic E-state index is 0.686. The summed E-state index contributed by atoms with van der Waals surface area (Å²) in [4.78, 5) is 2.09. The molecule has 0 radical (unpaired) electrons. The van der Waals surface area contributed by atoms with Crippen LogP contribution in [0.1, 0.15) is 5.69 Å². The summed E-state index contributed by atoms with van der Waals surface area (Å²) in [6.45, 7) is 4.20. The van der Waals surface area contributed by atoms with Crippen molar-refractivity contribution in [2.24, 2.45) is 0 Å². The molecule has 0 fully saturated rings. The van der Waals surface area contributed by atoms with Gasteiger partial charge in [-0.15, -0.1) is 5.10 Å². The van der Waals surface area contributed by atoms with Crippen molar-refractivity contribution < 1.29 is 4.74 Å². The van der Waals surface area contributed by atoms with E-state index in [1.54, 1.807) is 0 Å². The summed E-state index contributed by atoms with van der Waals surface area (Å²) in [6, 6.07) is 8.22. The van der Waals surface area contributed by atoms with Gasteiger partial charge in [-0.2, -0.15) is 5.10 Å². The van der Waals surface area contributed by atoms with Gasteiger partial charge in [-0.1, -0.05) is 40.2 Å². The predicted octanol–water partition coefficient (Wildman–Crippen LogP) is 2.79. The van der Waals surface area contributed by atoms with Crippen molar-refractivity contribution >= 4 is 32.5 Å². The lowest BCUT2D eigenvalue weighted by Gasteiger charge is -2.19. The maximum atomic E-state index is 5.47. The minimum Gasteiger partial charge on any atom is -0.379 e. The first kappa shape index (κ1) is 14.2. The number of hydrogen-bond donors (Lipinski definition) is 0. The summed E-state index contributed by atoms with van der Waals surface area (Å²) in [5.41, 5.74) is 0.961. The lowest BCUT2D eigenvalue weighted by Crippen LogP contribution is -2.24. The van der Waals surface area contributed by atoms with Crippen LogP contribution < -0.4 is 4.90 Å². The van der Waals surface area contributed by atoms with Gasteiger partial charge in [0.25, 0.3) is 0 Å².